The van der Waals surface area contributed by atoms with E-state index < -0.39 is 35.5 Å². The second-order valence-electron chi connectivity index (χ2n) is 12.1. The van der Waals surface area contributed by atoms with Crippen molar-refractivity contribution in [2.75, 3.05) is 23.3 Å². The Bertz CT molecular complexity index is 1630. The zero-order valence-corrected chi connectivity index (χ0v) is 29.2. The number of benzene rings is 3. The molecule has 0 bridgehead atoms. The summed E-state index contributed by atoms with van der Waals surface area (Å²) in [5, 5.41) is 42.3. The van der Waals surface area contributed by atoms with Gasteiger partial charge >= 0.3 is 12.2 Å². The third-order valence-electron chi connectivity index (χ3n) is 7.95. The number of aryl methyl sites for hydroxylation is 1. The van der Waals surface area contributed by atoms with Crippen LogP contribution in [0.5, 0.6) is 11.5 Å². The number of anilines is 2. The van der Waals surface area contributed by atoms with E-state index in [-0.39, 0.29) is 22.7 Å². The molecule has 0 aliphatic rings. The van der Waals surface area contributed by atoms with Gasteiger partial charge in [-0.25, -0.2) is 19.4 Å². The Hall–Kier alpha value is -5.92. The van der Waals surface area contributed by atoms with Crippen molar-refractivity contribution < 1.29 is 39.1 Å². The van der Waals surface area contributed by atoms with Gasteiger partial charge in [0.05, 0.1) is 21.2 Å². The lowest BCUT2D eigenvalue weighted by Crippen LogP contribution is -2.34. The molecule has 2 N–H and O–H groups in total. The normalized spacial score (nSPS) is 11.0. The molecule has 0 aliphatic carbocycles. The Balaban J connectivity index is 2.05. The molecule has 0 radical (unpaired) electrons. The van der Waals surface area contributed by atoms with Crippen molar-refractivity contribution >= 4 is 34.9 Å². The summed E-state index contributed by atoms with van der Waals surface area (Å²) in [5.74, 6) is 0.662. The van der Waals surface area contributed by atoms with Crippen LogP contribution in [0.1, 0.15) is 70.9 Å². The molecule has 0 saturated carbocycles. The maximum atomic E-state index is 12.3. The summed E-state index contributed by atoms with van der Waals surface area (Å²) < 4.78 is 12.4. The Kier molecular flexibility index (Phi) is 15.0. The van der Waals surface area contributed by atoms with Gasteiger partial charge in [0, 0.05) is 29.8 Å². The number of amides is 2. The topological polar surface area (TPSA) is 186 Å². The van der Waals surface area contributed by atoms with Gasteiger partial charge in [-0.2, -0.15) is 0 Å². The minimum absolute atomic E-state index is 0.167. The Morgan fingerprint density at radius 3 is 1.63 bits per heavy atom. The van der Waals surface area contributed by atoms with E-state index >= 15 is 0 Å². The molecule has 0 spiro atoms. The van der Waals surface area contributed by atoms with Crippen molar-refractivity contribution in [3.05, 3.63) is 115 Å². The molecule has 3 aromatic rings. The van der Waals surface area contributed by atoms with Crippen LogP contribution < -0.4 is 19.3 Å². The molecule has 0 aliphatic heterocycles. The minimum Gasteiger partial charge on any atom is -0.472 e. The lowest BCUT2D eigenvalue weighted by Gasteiger charge is -2.24. The summed E-state index contributed by atoms with van der Waals surface area (Å²) in [7, 11) is 0. The van der Waals surface area contributed by atoms with Gasteiger partial charge in [-0.15, -0.1) is 0 Å². The van der Waals surface area contributed by atoms with Crippen LogP contribution in [0, 0.1) is 20.2 Å². The van der Waals surface area contributed by atoms with E-state index in [1.807, 2.05) is 39.0 Å². The highest BCUT2D eigenvalue weighted by molar-refractivity contribution is 5.86. The number of carboxylic acid groups (broad SMARTS) is 2. The van der Waals surface area contributed by atoms with E-state index in [1.165, 1.54) is 54.1 Å². The van der Waals surface area contributed by atoms with Crippen molar-refractivity contribution in [2.45, 2.75) is 72.6 Å². The lowest BCUT2D eigenvalue weighted by atomic mass is 10.00. The molecule has 3 rings (SSSR count). The third kappa shape index (κ3) is 12.2. The molecule has 14 nitrogen and oxygen atoms in total. The van der Waals surface area contributed by atoms with Crippen molar-refractivity contribution in [3.63, 3.8) is 0 Å². The van der Waals surface area contributed by atoms with E-state index in [4.69, 9.17) is 9.47 Å². The summed E-state index contributed by atoms with van der Waals surface area (Å²) in [6.45, 7) is 7.23. The van der Waals surface area contributed by atoms with Crippen LogP contribution in [-0.4, -0.2) is 45.7 Å². The summed E-state index contributed by atoms with van der Waals surface area (Å²) in [6.07, 6.45) is 6.88. The molecule has 14 heteroatoms. The van der Waals surface area contributed by atoms with Gasteiger partial charge in [0.15, 0.2) is 13.5 Å². The van der Waals surface area contributed by atoms with Crippen LogP contribution in [0.2, 0.25) is 0 Å². The van der Waals surface area contributed by atoms with E-state index in [2.05, 4.69) is 13.0 Å². The van der Waals surface area contributed by atoms with Crippen molar-refractivity contribution in [2.24, 2.45) is 0 Å². The van der Waals surface area contributed by atoms with E-state index in [0.717, 1.165) is 53.0 Å². The van der Waals surface area contributed by atoms with Crippen LogP contribution in [0.3, 0.4) is 0 Å². The molecular weight excluding hydrogens is 660 g/mol. The average molecular weight is 705 g/mol. The Morgan fingerprint density at radius 2 is 1.24 bits per heavy atom. The predicted octanol–water partition coefficient (Wildman–Crippen LogP) is 9.51. The van der Waals surface area contributed by atoms with Crippen LogP contribution in [0.4, 0.5) is 32.3 Å². The van der Waals surface area contributed by atoms with Gasteiger partial charge in [-0.3, -0.25) is 20.2 Å². The molecule has 0 saturated heterocycles. The lowest BCUT2D eigenvalue weighted by molar-refractivity contribution is -0.385. The molecule has 0 atom stereocenters. The average Bonchev–Trinajstić information content (AvgIpc) is 3.08. The molecular formula is C37H44N4O10. The van der Waals surface area contributed by atoms with Gasteiger partial charge in [0.1, 0.15) is 11.5 Å². The SMILES string of the molecule is CCCCCc1cc(OCN(C(=O)O)c2ccc([N+](=O)[O-])cc2)c(CC=C(C)CCC=C(C)C)c(OCN(C(=O)O)c2ccc([N+](=O)[O-])cc2)c1. The second kappa shape index (κ2) is 19.3. The molecule has 0 fully saturated rings. The number of unbranched alkanes of at least 4 members (excludes halogenated alkanes) is 2. The highest BCUT2D eigenvalue weighted by atomic mass is 16.6. The summed E-state index contributed by atoms with van der Waals surface area (Å²) in [5.41, 5.74) is 3.64. The first-order chi connectivity index (χ1) is 24.3. The van der Waals surface area contributed by atoms with Gasteiger partial charge in [0.25, 0.3) is 11.4 Å². The number of nitro groups is 2. The number of hydrogen-bond donors (Lipinski definition) is 2. The molecule has 272 valence electrons. The molecule has 0 unspecified atom stereocenters. The van der Waals surface area contributed by atoms with Crippen LogP contribution in [0.25, 0.3) is 0 Å². The first-order valence-electron chi connectivity index (χ1n) is 16.5. The molecule has 2 amide bonds. The molecule has 51 heavy (non-hydrogen) atoms. The number of hydrogen-bond acceptors (Lipinski definition) is 8. The summed E-state index contributed by atoms with van der Waals surface area (Å²) >= 11 is 0. The number of rotatable bonds is 19. The maximum Gasteiger partial charge on any atom is 0.414 e. The fraction of sp³-hybridized carbons (Fsp3) is 0.351. The highest BCUT2D eigenvalue weighted by Gasteiger charge is 2.22. The second-order valence-corrected chi connectivity index (χ2v) is 12.1. The number of carbonyl (C=O) groups is 2. The van der Waals surface area contributed by atoms with Crippen molar-refractivity contribution in [1.29, 1.82) is 0 Å². The van der Waals surface area contributed by atoms with E-state index in [0.29, 0.717) is 29.9 Å². The zero-order valence-electron chi connectivity index (χ0n) is 29.2. The quantitative estimate of drug-likeness (QED) is 0.0400. The monoisotopic (exact) mass is 704 g/mol. The van der Waals surface area contributed by atoms with Crippen LogP contribution >= 0.6 is 0 Å². The minimum atomic E-state index is -1.34. The fourth-order valence-electron chi connectivity index (χ4n) is 5.08. The van der Waals surface area contributed by atoms with Crippen LogP contribution in [0.15, 0.2) is 84.0 Å². The Labute approximate surface area is 296 Å². The number of nitrogens with zero attached hydrogens (tertiary/aromatic N) is 4. The number of nitro benzene ring substituents is 2. The Morgan fingerprint density at radius 1 is 0.765 bits per heavy atom. The summed E-state index contributed by atoms with van der Waals surface area (Å²) in [4.78, 5) is 47.6. The van der Waals surface area contributed by atoms with Crippen LogP contribution in [-0.2, 0) is 12.8 Å². The van der Waals surface area contributed by atoms with Crippen molar-refractivity contribution in [1.82, 2.24) is 0 Å². The molecule has 3 aromatic carbocycles. The van der Waals surface area contributed by atoms with Gasteiger partial charge < -0.3 is 19.7 Å². The van der Waals surface area contributed by atoms with Gasteiger partial charge in [-0.05, 0) is 94.8 Å². The first kappa shape index (κ1) is 39.5. The predicted molar refractivity (Wildman–Crippen MR) is 194 cm³/mol. The standard InChI is InChI=1S/C37H44N4O10/c1-5-6-7-11-28-22-34(50-24-38(36(42)43)29-13-17-31(18-14-29)40(46)47)33(21-12-27(4)10-8-9-26(2)3)35(23-28)51-25-39(37(44)45)30-15-19-32(20-16-30)41(48)49/h9,12-20,22-23H,5-8,10-11,21,24-25H2,1-4H3,(H,42,43)(H,44,45). The smallest absolute Gasteiger partial charge is 0.414 e. The number of allylic oxidation sites excluding steroid dienone is 4. The molecule has 0 heterocycles. The van der Waals surface area contributed by atoms with E-state index in [1.54, 1.807) is 0 Å². The first-order valence-corrected chi connectivity index (χ1v) is 16.5. The zero-order chi connectivity index (χ0) is 37.5. The fourth-order valence-corrected chi connectivity index (χ4v) is 5.08. The van der Waals surface area contributed by atoms with E-state index in [9.17, 15) is 40.0 Å². The maximum absolute atomic E-state index is 12.3. The van der Waals surface area contributed by atoms with Gasteiger partial charge in [-0.1, -0.05) is 43.1 Å². The summed E-state index contributed by atoms with van der Waals surface area (Å²) in [6, 6.07) is 13.8. The van der Waals surface area contributed by atoms with Crippen molar-refractivity contribution in [3.8, 4) is 11.5 Å². The highest BCUT2D eigenvalue weighted by Crippen LogP contribution is 2.34. The van der Waals surface area contributed by atoms with Gasteiger partial charge in [0.2, 0.25) is 0 Å². The number of ether oxygens (including phenoxy) is 2. The largest absolute Gasteiger partial charge is 0.472 e. The third-order valence-corrected chi connectivity index (χ3v) is 7.95. The number of non-ortho nitro benzene ring substituents is 2. The molecule has 0 aromatic heterocycles.